The predicted octanol–water partition coefficient (Wildman–Crippen LogP) is 1.95. The highest BCUT2D eigenvalue weighted by molar-refractivity contribution is 5.14. The van der Waals surface area contributed by atoms with Gasteiger partial charge in [-0.05, 0) is 18.9 Å². The molecule has 0 saturated carbocycles. The van der Waals surface area contributed by atoms with E-state index >= 15 is 0 Å². The summed E-state index contributed by atoms with van der Waals surface area (Å²) in [5.41, 5.74) is 2.44. The molecule has 0 saturated heterocycles. The third-order valence-electron chi connectivity index (χ3n) is 3.48. The van der Waals surface area contributed by atoms with E-state index in [0.717, 1.165) is 38.2 Å². The van der Waals surface area contributed by atoms with Crippen molar-refractivity contribution in [3.63, 3.8) is 0 Å². The zero-order valence-electron chi connectivity index (χ0n) is 12.7. The number of nitrogens with one attached hydrogen (secondary N) is 1. The first-order chi connectivity index (χ1) is 9.04. The Kier molecular flexibility index (Phi) is 6.25. The first kappa shape index (κ1) is 15.9. The number of hydrogen-bond donors (Lipinski definition) is 1. The van der Waals surface area contributed by atoms with Gasteiger partial charge in [0, 0.05) is 38.4 Å². The van der Waals surface area contributed by atoms with Crippen molar-refractivity contribution in [1.29, 1.82) is 0 Å². The number of rotatable bonds is 9. The number of aromatic nitrogens is 2. The second-order valence-electron chi connectivity index (χ2n) is 5.31. The van der Waals surface area contributed by atoms with Crippen LogP contribution in [0.15, 0.2) is 18.7 Å². The molecule has 0 fully saturated rings. The Morgan fingerprint density at radius 2 is 2.32 bits per heavy atom. The lowest BCUT2D eigenvalue weighted by Gasteiger charge is -2.26. The van der Waals surface area contributed by atoms with E-state index in [1.54, 1.807) is 7.11 Å². The van der Waals surface area contributed by atoms with Gasteiger partial charge in [-0.25, -0.2) is 0 Å². The molecule has 1 heterocycles. The average molecular weight is 265 g/mol. The second-order valence-corrected chi connectivity index (χ2v) is 5.31. The van der Waals surface area contributed by atoms with Gasteiger partial charge in [0.15, 0.2) is 0 Å². The largest absolute Gasteiger partial charge is 0.383 e. The lowest BCUT2D eigenvalue weighted by Crippen LogP contribution is -2.34. The third kappa shape index (κ3) is 4.80. The Labute approximate surface area is 116 Å². The topological polar surface area (TPSA) is 39.1 Å². The summed E-state index contributed by atoms with van der Waals surface area (Å²) in [6.45, 7) is 10.8. The maximum absolute atomic E-state index is 5.04. The standard InChI is InChI=1S/C15H27N3O/c1-6-13-10-14(18(4)17-13)11-15(3,7-2)12-16-8-9-19-5/h7,10,16H,2,6,8-9,11-12H2,1,3-5H3. The zero-order chi connectivity index (χ0) is 14.3. The van der Waals surface area contributed by atoms with Crippen molar-refractivity contribution >= 4 is 0 Å². The van der Waals surface area contributed by atoms with Crippen LogP contribution in [0, 0.1) is 5.41 Å². The van der Waals surface area contributed by atoms with Crippen molar-refractivity contribution < 1.29 is 4.74 Å². The first-order valence-corrected chi connectivity index (χ1v) is 6.89. The lowest BCUT2D eigenvalue weighted by atomic mass is 9.85. The highest BCUT2D eigenvalue weighted by atomic mass is 16.5. The van der Waals surface area contributed by atoms with Crippen molar-refractivity contribution in [2.45, 2.75) is 26.7 Å². The van der Waals surface area contributed by atoms with Gasteiger partial charge >= 0.3 is 0 Å². The molecule has 0 amide bonds. The summed E-state index contributed by atoms with van der Waals surface area (Å²) in [6, 6.07) is 2.19. The zero-order valence-corrected chi connectivity index (χ0v) is 12.7. The van der Waals surface area contributed by atoms with Crippen LogP contribution in [-0.2, 0) is 24.6 Å². The van der Waals surface area contributed by atoms with E-state index in [1.807, 2.05) is 17.8 Å². The Morgan fingerprint density at radius 1 is 1.58 bits per heavy atom. The summed E-state index contributed by atoms with van der Waals surface area (Å²) < 4.78 is 7.02. The maximum Gasteiger partial charge on any atom is 0.0624 e. The van der Waals surface area contributed by atoms with E-state index in [0.29, 0.717) is 0 Å². The molecule has 1 aromatic rings. The SMILES string of the molecule is C=CC(C)(CNCCOC)Cc1cc(CC)nn1C. The molecule has 1 rings (SSSR count). The Morgan fingerprint density at radius 3 is 2.84 bits per heavy atom. The summed E-state index contributed by atoms with van der Waals surface area (Å²) in [5.74, 6) is 0. The molecule has 4 heteroatoms. The molecule has 1 unspecified atom stereocenters. The number of aryl methyl sites for hydroxylation is 2. The molecule has 0 aliphatic rings. The number of hydrogen-bond acceptors (Lipinski definition) is 3. The molecule has 1 aromatic heterocycles. The van der Waals surface area contributed by atoms with Gasteiger partial charge in [0.1, 0.15) is 0 Å². The van der Waals surface area contributed by atoms with Gasteiger partial charge in [-0.2, -0.15) is 5.10 Å². The average Bonchev–Trinajstić information content (AvgIpc) is 2.75. The van der Waals surface area contributed by atoms with E-state index in [9.17, 15) is 0 Å². The Hall–Kier alpha value is -1.13. The summed E-state index contributed by atoms with van der Waals surface area (Å²) in [4.78, 5) is 0. The lowest BCUT2D eigenvalue weighted by molar-refractivity contribution is 0.195. The second kappa shape index (κ2) is 7.46. The quantitative estimate of drug-likeness (QED) is 0.548. The number of ether oxygens (including phenoxy) is 1. The number of methoxy groups -OCH3 is 1. The van der Waals surface area contributed by atoms with E-state index < -0.39 is 0 Å². The fraction of sp³-hybridized carbons (Fsp3) is 0.667. The fourth-order valence-corrected chi connectivity index (χ4v) is 2.08. The minimum absolute atomic E-state index is 0.0343. The molecular formula is C15H27N3O. The molecule has 108 valence electrons. The van der Waals surface area contributed by atoms with Crippen LogP contribution in [0.4, 0.5) is 0 Å². The van der Waals surface area contributed by atoms with Crippen LogP contribution in [0.25, 0.3) is 0 Å². The van der Waals surface area contributed by atoms with Crippen LogP contribution in [0.1, 0.15) is 25.2 Å². The van der Waals surface area contributed by atoms with Gasteiger partial charge in [0.25, 0.3) is 0 Å². The molecule has 0 aromatic carbocycles. The van der Waals surface area contributed by atoms with Crippen molar-refractivity contribution in [3.05, 3.63) is 30.1 Å². The van der Waals surface area contributed by atoms with Crippen LogP contribution in [0.5, 0.6) is 0 Å². The van der Waals surface area contributed by atoms with Gasteiger partial charge in [0.2, 0.25) is 0 Å². The highest BCUT2D eigenvalue weighted by Gasteiger charge is 2.22. The molecule has 1 atom stereocenters. The van der Waals surface area contributed by atoms with Crippen LogP contribution in [-0.4, -0.2) is 36.6 Å². The van der Waals surface area contributed by atoms with Crippen molar-refractivity contribution in [3.8, 4) is 0 Å². The smallest absolute Gasteiger partial charge is 0.0624 e. The summed E-state index contributed by atoms with van der Waals surface area (Å²) in [7, 11) is 3.73. The maximum atomic E-state index is 5.04. The van der Waals surface area contributed by atoms with Gasteiger partial charge in [-0.15, -0.1) is 6.58 Å². The summed E-state index contributed by atoms with van der Waals surface area (Å²) >= 11 is 0. The van der Waals surface area contributed by atoms with Crippen LogP contribution < -0.4 is 5.32 Å². The normalized spacial score (nSPS) is 14.3. The van der Waals surface area contributed by atoms with E-state index in [2.05, 4.69) is 36.9 Å². The van der Waals surface area contributed by atoms with Crippen LogP contribution in [0.2, 0.25) is 0 Å². The summed E-state index contributed by atoms with van der Waals surface area (Å²) in [6.07, 6.45) is 3.95. The van der Waals surface area contributed by atoms with Gasteiger partial charge in [-0.3, -0.25) is 4.68 Å². The van der Waals surface area contributed by atoms with Gasteiger partial charge in [0.05, 0.1) is 12.3 Å². The number of nitrogens with zero attached hydrogens (tertiary/aromatic N) is 2. The molecule has 0 aliphatic carbocycles. The minimum Gasteiger partial charge on any atom is -0.383 e. The van der Waals surface area contributed by atoms with E-state index in [4.69, 9.17) is 4.74 Å². The highest BCUT2D eigenvalue weighted by Crippen LogP contribution is 2.23. The van der Waals surface area contributed by atoms with Gasteiger partial charge < -0.3 is 10.1 Å². The molecular weight excluding hydrogens is 238 g/mol. The van der Waals surface area contributed by atoms with Crippen LogP contribution >= 0.6 is 0 Å². The van der Waals surface area contributed by atoms with Crippen molar-refractivity contribution in [2.75, 3.05) is 26.8 Å². The molecule has 1 N–H and O–H groups in total. The van der Waals surface area contributed by atoms with E-state index in [1.165, 1.54) is 5.69 Å². The third-order valence-corrected chi connectivity index (χ3v) is 3.48. The van der Waals surface area contributed by atoms with Crippen molar-refractivity contribution in [2.24, 2.45) is 12.5 Å². The molecule has 19 heavy (non-hydrogen) atoms. The first-order valence-electron chi connectivity index (χ1n) is 6.89. The van der Waals surface area contributed by atoms with E-state index in [-0.39, 0.29) is 5.41 Å². The molecule has 0 radical (unpaired) electrons. The minimum atomic E-state index is 0.0343. The fourth-order valence-electron chi connectivity index (χ4n) is 2.08. The molecule has 0 spiro atoms. The molecule has 4 nitrogen and oxygen atoms in total. The van der Waals surface area contributed by atoms with Crippen LogP contribution in [0.3, 0.4) is 0 Å². The van der Waals surface area contributed by atoms with Gasteiger partial charge in [-0.1, -0.05) is 19.9 Å². The Bertz CT molecular complexity index is 400. The Balaban J connectivity index is 2.63. The monoisotopic (exact) mass is 265 g/mol. The summed E-state index contributed by atoms with van der Waals surface area (Å²) in [5, 5.41) is 7.91. The molecule has 0 bridgehead atoms. The predicted molar refractivity (Wildman–Crippen MR) is 79.3 cm³/mol. The van der Waals surface area contributed by atoms with Crippen molar-refractivity contribution in [1.82, 2.24) is 15.1 Å². The molecule has 0 aliphatic heterocycles.